The molecule has 12 heavy (non-hydrogen) atoms. The van der Waals surface area contributed by atoms with Gasteiger partial charge < -0.3 is 0 Å². The molecule has 1 radical (unpaired) electrons. The standard InChI is InChI=1S/C10H10BN/c1-11-12-7-6-9-4-2-3-5-10(9)8-12/h2-8H,1H3/q+1. The minimum atomic E-state index is 1.28. The van der Waals surface area contributed by atoms with Gasteiger partial charge in [0.05, 0.1) is 0 Å². The second-order valence-corrected chi connectivity index (χ2v) is 2.78. The van der Waals surface area contributed by atoms with Crippen LogP contribution < -0.4 is 4.48 Å². The summed E-state index contributed by atoms with van der Waals surface area (Å²) in [5.74, 6) is 0. The molecule has 0 unspecified atom stereocenters. The maximum absolute atomic E-state index is 2.12. The van der Waals surface area contributed by atoms with E-state index in [-0.39, 0.29) is 0 Å². The highest BCUT2D eigenvalue weighted by Gasteiger charge is 2.00. The third-order valence-corrected chi connectivity index (χ3v) is 2.01. The van der Waals surface area contributed by atoms with Crippen LogP contribution in [0, 0.1) is 0 Å². The van der Waals surface area contributed by atoms with Gasteiger partial charge in [0, 0.05) is 11.5 Å². The van der Waals surface area contributed by atoms with E-state index in [1.54, 1.807) is 0 Å². The molecule has 1 nitrogen and oxygen atoms in total. The fraction of sp³-hybridized carbons (Fsp3) is 0.100. The van der Waals surface area contributed by atoms with E-state index in [0.717, 1.165) is 0 Å². The molecule has 0 aliphatic rings. The summed E-state index contributed by atoms with van der Waals surface area (Å²) >= 11 is 0. The minimum Gasteiger partial charge on any atom is -0.291 e. The predicted octanol–water partition coefficient (Wildman–Crippen LogP) is 1.64. The summed E-state index contributed by atoms with van der Waals surface area (Å²) in [6, 6.07) is 10.5. The number of pyridine rings is 1. The van der Waals surface area contributed by atoms with Crippen LogP contribution in [0.4, 0.5) is 0 Å². The molecule has 0 bridgehead atoms. The molecule has 1 aromatic carbocycles. The molecule has 2 heteroatoms. The summed E-state index contributed by atoms with van der Waals surface area (Å²) in [6.07, 6.45) is 4.18. The van der Waals surface area contributed by atoms with Gasteiger partial charge in [-0.15, -0.1) is 0 Å². The molecule has 0 spiro atoms. The maximum Gasteiger partial charge on any atom is 0.535 e. The van der Waals surface area contributed by atoms with Crippen molar-refractivity contribution in [2.24, 2.45) is 0 Å². The van der Waals surface area contributed by atoms with Gasteiger partial charge in [-0.25, -0.2) is 0 Å². The second-order valence-electron chi connectivity index (χ2n) is 2.78. The van der Waals surface area contributed by atoms with E-state index in [4.69, 9.17) is 0 Å². The van der Waals surface area contributed by atoms with Crippen LogP contribution in [-0.2, 0) is 0 Å². The summed E-state index contributed by atoms with van der Waals surface area (Å²) in [5.41, 5.74) is 0. The smallest absolute Gasteiger partial charge is 0.291 e. The molecule has 57 valence electrons. The monoisotopic (exact) mass is 155 g/mol. The fourth-order valence-electron chi connectivity index (χ4n) is 1.31. The predicted molar refractivity (Wildman–Crippen MR) is 51.2 cm³/mol. The van der Waals surface area contributed by atoms with Gasteiger partial charge in [0.2, 0.25) is 0 Å². The Hall–Kier alpha value is -1.31. The highest BCUT2D eigenvalue weighted by Crippen LogP contribution is 2.08. The maximum atomic E-state index is 2.12. The van der Waals surface area contributed by atoms with E-state index in [1.165, 1.54) is 10.8 Å². The van der Waals surface area contributed by atoms with Gasteiger partial charge in [-0.2, -0.15) is 0 Å². The zero-order valence-electron chi connectivity index (χ0n) is 7.07. The van der Waals surface area contributed by atoms with Crippen LogP contribution in [0.1, 0.15) is 0 Å². The largest absolute Gasteiger partial charge is 0.535 e. The zero-order chi connectivity index (χ0) is 8.39. The Balaban J connectivity index is 2.67. The zero-order valence-corrected chi connectivity index (χ0v) is 7.07. The molecule has 0 atom stereocenters. The highest BCUT2D eigenvalue weighted by molar-refractivity contribution is 6.22. The number of nitrogens with zero attached hydrogens (tertiary/aromatic N) is 1. The van der Waals surface area contributed by atoms with Crippen molar-refractivity contribution in [1.82, 2.24) is 0 Å². The normalized spacial score (nSPS) is 10.1. The van der Waals surface area contributed by atoms with Crippen molar-refractivity contribution < 1.29 is 4.48 Å². The summed E-state index contributed by atoms with van der Waals surface area (Å²) in [4.78, 5) is 0. The lowest BCUT2D eigenvalue weighted by Gasteiger charge is -1.94. The Morgan fingerprint density at radius 3 is 2.58 bits per heavy atom. The summed E-state index contributed by atoms with van der Waals surface area (Å²) < 4.78 is 2.06. The molecule has 0 aliphatic carbocycles. The quantitative estimate of drug-likeness (QED) is 0.551. The van der Waals surface area contributed by atoms with Gasteiger partial charge in [0.25, 0.3) is 0 Å². The van der Waals surface area contributed by atoms with Gasteiger partial charge in [-0.1, -0.05) is 18.2 Å². The van der Waals surface area contributed by atoms with Crippen LogP contribution in [0.25, 0.3) is 10.8 Å². The lowest BCUT2D eigenvalue weighted by molar-refractivity contribution is -0.527. The van der Waals surface area contributed by atoms with Crippen molar-refractivity contribution in [2.75, 3.05) is 0 Å². The van der Waals surface area contributed by atoms with Crippen LogP contribution in [0.2, 0.25) is 6.82 Å². The van der Waals surface area contributed by atoms with Crippen LogP contribution in [0.15, 0.2) is 42.7 Å². The van der Waals surface area contributed by atoms with Crippen LogP contribution >= 0.6 is 0 Å². The van der Waals surface area contributed by atoms with Crippen molar-refractivity contribution in [1.29, 1.82) is 0 Å². The summed E-state index contributed by atoms with van der Waals surface area (Å²) in [5, 5.41) is 2.56. The number of fused-ring (bicyclic) bond motifs is 1. The lowest BCUT2D eigenvalue weighted by Crippen LogP contribution is -2.36. The number of hydrogen-bond donors (Lipinski definition) is 0. The van der Waals surface area contributed by atoms with Gasteiger partial charge in [0.15, 0.2) is 6.20 Å². The van der Waals surface area contributed by atoms with Crippen molar-refractivity contribution >= 4 is 18.2 Å². The minimum absolute atomic E-state index is 1.28. The van der Waals surface area contributed by atoms with Crippen molar-refractivity contribution in [3.63, 3.8) is 0 Å². The Morgan fingerprint density at radius 1 is 1.08 bits per heavy atom. The average Bonchev–Trinajstić information content (AvgIpc) is 2.17. The molecule has 2 rings (SSSR count). The van der Waals surface area contributed by atoms with Gasteiger partial charge in [-0.3, -0.25) is 4.48 Å². The number of aromatic nitrogens is 1. The van der Waals surface area contributed by atoms with Crippen molar-refractivity contribution in [3.8, 4) is 0 Å². The second kappa shape index (κ2) is 2.98. The summed E-state index contributed by atoms with van der Waals surface area (Å²) in [6.45, 7) is 2.02. The molecule has 0 saturated heterocycles. The molecule has 0 aliphatic heterocycles. The average molecular weight is 155 g/mol. The molecule has 0 amide bonds. The first kappa shape index (κ1) is 7.35. The lowest BCUT2D eigenvalue weighted by atomic mass is 9.99. The Labute approximate surface area is 72.9 Å². The van der Waals surface area contributed by atoms with Crippen LogP contribution in [0.3, 0.4) is 0 Å². The van der Waals surface area contributed by atoms with Crippen molar-refractivity contribution in [2.45, 2.75) is 6.82 Å². The first-order valence-corrected chi connectivity index (χ1v) is 4.09. The molecule has 0 N–H and O–H groups in total. The van der Waals surface area contributed by atoms with Crippen LogP contribution in [-0.4, -0.2) is 7.41 Å². The third-order valence-electron chi connectivity index (χ3n) is 2.01. The number of rotatable bonds is 1. The number of hydrogen-bond acceptors (Lipinski definition) is 0. The van der Waals surface area contributed by atoms with E-state index >= 15 is 0 Å². The summed E-state index contributed by atoms with van der Waals surface area (Å²) in [7, 11) is 2.03. The molecular weight excluding hydrogens is 145 g/mol. The first-order chi connectivity index (χ1) is 5.90. The molecular formula is C10H10BN+. The highest BCUT2D eigenvalue weighted by atomic mass is 14.8. The molecule has 1 heterocycles. The van der Waals surface area contributed by atoms with E-state index in [0.29, 0.717) is 0 Å². The Bertz CT molecular complexity index is 398. The molecule has 2 aromatic rings. The van der Waals surface area contributed by atoms with Gasteiger partial charge in [0.1, 0.15) is 6.20 Å². The van der Waals surface area contributed by atoms with E-state index < -0.39 is 0 Å². The third kappa shape index (κ3) is 1.20. The van der Waals surface area contributed by atoms with E-state index in [1.807, 2.05) is 14.2 Å². The van der Waals surface area contributed by atoms with E-state index in [2.05, 4.69) is 47.2 Å². The van der Waals surface area contributed by atoms with Gasteiger partial charge in [-0.05, 0) is 18.3 Å². The number of benzene rings is 1. The van der Waals surface area contributed by atoms with E-state index in [9.17, 15) is 0 Å². The van der Waals surface area contributed by atoms with Crippen LogP contribution in [0.5, 0.6) is 0 Å². The molecule has 0 fully saturated rings. The molecule has 0 saturated carbocycles. The topological polar surface area (TPSA) is 3.88 Å². The van der Waals surface area contributed by atoms with Crippen molar-refractivity contribution in [3.05, 3.63) is 42.7 Å². The molecule has 1 aromatic heterocycles. The van der Waals surface area contributed by atoms with Gasteiger partial charge >= 0.3 is 7.41 Å². The Kier molecular flexibility index (Phi) is 1.82. The fourth-order valence-corrected chi connectivity index (χ4v) is 1.31. The SMILES string of the molecule is C[B][n+]1ccc2ccccc2c1. The first-order valence-electron chi connectivity index (χ1n) is 4.09. The Morgan fingerprint density at radius 2 is 1.83 bits per heavy atom.